The SMILES string of the molecule is CCOC(=O)C1=Cc2cc(Cl)cc(C=CCCCCl)c2OC1C(F)(F)F. The van der Waals surface area contributed by atoms with Gasteiger partial charge in [0.2, 0.25) is 6.10 Å². The van der Waals surface area contributed by atoms with Crippen molar-refractivity contribution in [2.24, 2.45) is 0 Å². The van der Waals surface area contributed by atoms with Gasteiger partial charge in [0.15, 0.2) is 0 Å². The van der Waals surface area contributed by atoms with Crippen molar-refractivity contribution in [2.75, 3.05) is 12.5 Å². The van der Waals surface area contributed by atoms with Crippen molar-refractivity contribution in [2.45, 2.75) is 32.0 Å². The number of carbonyl (C=O) groups is 1. The van der Waals surface area contributed by atoms with Crippen molar-refractivity contribution in [1.82, 2.24) is 0 Å². The van der Waals surface area contributed by atoms with E-state index in [-0.39, 0.29) is 17.9 Å². The lowest BCUT2D eigenvalue weighted by molar-refractivity contribution is -0.187. The summed E-state index contributed by atoms with van der Waals surface area (Å²) in [7, 11) is 0. The van der Waals surface area contributed by atoms with E-state index in [9.17, 15) is 18.0 Å². The summed E-state index contributed by atoms with van der Waals surface area (Å²) in [5, 5.41) is 0.314. The number of halogens is 5. The summed E-state index contributed by atoms with van der Waals surface area (Å²) in [4.78, 5) is 11.9. The highest BCUT2D eigenvalue weighted by molar-refractivity contribution is 6.31. The first-order chi connectivity index (χ1) is 12.3. The molecule has 0 aromatic heterocycles. The zero-order chi connectivity index (χ0) is 19.3. The Morgan fingerprint density at radius 1 is 1.38 bits per heavy atom. The second kappa shape index (κ2) is 8.82. The molecule has 0 N–H and O–H groups in total. The molecule has 0 saturated heterocycles. The molecule has 1 aliphatic rings. The van der Waals surface area contributed by atoms with Crippen LogP contribution >= 0.6 is 23.2 Å². The van der Waals surface area contributed by atoms with Crippen LogP contribution in [0.4, 0.5) is 13.2 Å². The van der Waals surface area contributed by atoms with Gasteiger partial charge in [0, 0.05) is 22.0 Å². The summed E-state index contributed by atoms with van der Waals surface area (Å²) in [5.41, 5.74) is 0.0831. The van der Waals surface area contributed by atoms with Crippen LogP contribution in [0.25, 0.3) is 12.2 Å². The number of benzene rings is 1. The number of allylic oxidation sites excluding steroid dienone is 1. The number of fused-ring (bicyclic) bond motifs is 1. The lowest BCUT2D eigenvalue weighted by Gasteiger charge is -2.29. The molecule has 0 aliphatic carbocycles. The highest BCUT2D eigenvalue weighted by atomic mass is 35.5. The van der Waals surface area contributed by atoms with E-state index in [1.807, 2.05) is 0 Å². The van der Waals surface area contributed by atoms with Gasteiger partial charge in [-0.05, 0) is 38.0 Å². The molecule has 142 valence electrons. The van der Waals surface area contributed by atoms with E-state index in [4.69, 9.17) is 32.7 Å². The molecule has 1 aromatic carbocycles. The average Bonchev–Trinajstić information content (AvgIpc) is 2.56. The van der Waals surface area contributed by atoms with Crippen LogP contribution in [0.3, 0.4) is 0 Å². The van der Waals surface area contributed by atoms with Gasteiger partial charge in [-0.2, -0.15) is 13.2 Å². The molecule has 1 heterocycles. The molecule has 0 saturated carbocycles. The summed E-state index contributed by atoms with van der Waals surface area (Å²) < 4.78 is 50.2. The van der Waals surface area contributed by atoms with Crippen LogP contribution in [-0.4, -0.2) is 30.7 Å². The standard InChI is InChI=1S/C18H17Cl2F3O3/c1-2-25-17(24)14-10-12-9-13(20)8-11(6-4-3-5-7-19)15(12)26-16(14)18(21,22)23/h4,6,8-10,16H,2-3,5,7H2,1H3. The van der Waals surface area contributed by atoms with Crippen LogP contribution in [0.15, 0.2) is 23.8 Å². The molecule has 3 nitrogen and oxygen atoms in total. The van der Waals surface area contributed by atoms with Crippen LogP contribution < -0.4 is 4.74 Å². The minimum atomic E-state index is -4.77. The van der Waals surface area contributed by atoms with Gasteiger partial charge in [0.1, 0.15) is 5.75 Å². The van der Waals surface area contributed by atoms with Gasteiger partial charge in [-0.25, -0.2) is 4.79 Å². The summed E-state index contributed by atoms with van der Waals surface area (Å²) in [5.74, 6) is -0.567. The topological polar surface area (TPSA) is 35.5 Å². The average molecular weight is 409 g/mol. The number of hydrogen-bond acceptors (Lipinski definition) is 3. The Hall–Kier alpha value is -1.66. The van der Waals surface area contributed by atoms with Crippen LogP contribution in [-0.2, 0) is 9.53 Å². The Morgan fingerprint density at radius 3 is 2.73 bits per heavy atom. The van der Waals surface area contributed by atoms with E-state index in [0.29, 0.717) is 22.9 Å². The third-order valence-electron chi connectivity index (χ3n) is 3.55. The van der Waals surface area contributed by atoms with E-state index in [1.54, 1.807) is 12.2 Å². The van der Waals surface area contributed by atoms with Gasteiger partial charge in [-0.15, -0.1) is 11.6 Å². The fourth-order valence-corrected chi connectivity index (χ4v) is 2.85. The Bertz CT molecular complexity index is 727. The minimum absolute atomic E-state index is 0.0203. The van der Waals surface area contributed by atoms with Crippen molar-refractivity contribution in [3.05, 3.63) is 39.9 Å². The summed E-state index contributed by atoms with van der Waals surface area (Å²) in [6.07, 6.45) is -1.23. The number of unbranched alkanes of at least 4 members (excludes halogenated alkanes) is 1. The predicted molar refractivity (Wildman–Crippen MR) is 95.5 cm³/mol. The molecule has 0 radical (unpaired) electrons. The number of ether oxygens (including phenoxy) is 2. The second-order valence-corrected chi connectivity index (χ2v) is 6.32. The Labute approximate surface area is 159 Å². The van der Waals surface area contributed by atoms with E-state index in [2.05, 4.69) is 0 Å². The fraction of sp³-hybridized carbons (Fsp3) is 0.389. The third kappa shape index (κ3) is 4.95. The van der Waals surface area contributed by atoms with Crippen molar-refractivity contribution in [1.29, 1.82) is 0 Å². The largest absolute Gasteiger partial charge is 0.475 e. The first-order valence-corrected chi connectivity index (χ1v) is 8.87. The quantitative estimate of drug-likeness (QED) is 0.347. The molecule has 1 atom stereocenters. The van der Waals surface area contributed by atoms with E-state index >= 15 is 0 Å². The molecular weight excluding hydrogens is 392 g/mol. The van der Waals surface area contributed by atoms with Crippen LogP contribution in [0.2, 0.25) is 5.02 Å². The number of rotatable bonds is 6. The molecule has 1 unspecified atom stereocenters. The minimum Gasteiger partial charge on any atom is -0.475 e. The number of alkyl halides is 4. The van der Waals surface area contributed by atoms with Gasteiger partial charge in [0.25, 0.3) is 0 Å². The molecular formula is C18H17Cl2F3O3. The molecule has 1 aromatic rings. The van der Waals surface area contributed by atoms with Gasteiger partial charge < -0.3 is 9.47 Å². The van der Waals surface area contributed by atoms with Crippen molar-refractivity contribution >= 4 is 41.3 Å². The molecule has 2 rings (SSSR count). The van der Waals surface area contributed by atoms with Gasteiger partial charge in [-0.1, -0.05) is 23.8 Å². The highest BCUT2D eigenvalue weighted by Gasteiger charge is 2.49. The molecule has 0 spiro atoms. The Kier molecular flexibility index (Phi) is 7.01. The molecule has 0 fully saturated rings. The molecule has 8 heteroatoms. The van der Waals surface area contributed by atoms with Crippen molar-refractivity contribution in [3.63, 3.8) is 0 Å². The zero-order valence-corrected chi connectivity index (χ0v) is 15.4. The first-order valence-electron chi connectivity index (χ1n) is 7.96. The van der Waals surface area contributed by atoms with Gasteiger partial charge in [-0.3, -0.25) is 0 Å². The second-order valence-electron chi connectivity index (χ2n) is 5.51. The number of hydrogen-bond donors (Lipinski definition) is 0. The lowest BCUT2D eigenvalue weighted by Crippen LogP contribution is -2.41. The summed E-state index contributed by atoms with van der Waals surface area (Å²) in [6.45, 7) is 1.47. The normalized spacial score (nSPS) is 16.8. The van der Waals surface area contributed by atoms with Crippen LogP contribution in [0.5, 0.6) is 5.75 Å². The number of esters is 1. The summed E-state index contributed by atoms with van der Waals surface area (Å²) >= 11 is 11.7. The maximum absolute atomic E-state index is 13.4. The Balaban J connectivity index is 2.49. The van der Waals surface area contributed by atoms with Crippen LogP contribution in [0, 0.1) is 0 Å². The maximum atomic E-state index is 13.4. The highest BCUT2D eigenvalue weighted by Crippen LogP contribution is 2.41. The van der Waals surface area contributed by atoms with Gasteiger partial charge >= 0.3 is 12.1 Å². The summed E-state index contributed by atoms with van der Waals surface area (Å²) in [6, 6.07) is 2.95. The smallest absolute Gasteiger partial charge is 0.430 e. The van der Waals surface area contributed by atoms with E-state index in [0.717, 1.165) is 12.5 Å². The van der Waals surface area contributed by atoms with Crippen molar-refractivity contribution in [3.8, 4) is 5.75 Å². The molecule has 0 bridgehead atoms. The first kappa shape index (κ1) is 20.6. The Morgan fingerprint density at radius 2 is 2.12 bits per heavy atom. The third-order valence-corrected chi connectivity index (χ3v) is 4.04. The fourth-order valence-electron chi connectivity index (χ4n) is 2.46. The number of carbonyl (C=O) groups excluding carboxylic acids is 1. The van der Waals surface area contributed by atoms with E-state index in [1.165, 1.54) is 19.1 Å². The monoisotopic (exact) mass is 408 g/mol. The zero-order valence-electron chi connectivity index (χ0n) is 13.9. The lowest BCUT2D eigenvalue weighted by atomic mass is 9.98. The molecule has 26 heavy (non-hydrogen) atoms. The maximum Gasteiger partial charge on any atom is 0.430 e. The van der Waals surface area contributed by atoms with Gasteiger partial charge in [0.05, 0.1) is 12.2 Å². The molecule has 0 amide bonds. The van der Waals surface area contributed by atoms with Crippen molar-refractivity contribution < 1.29 is 27.4 Å². The molecule has 1 aliphatic heterocycles. The van der Waals surface area contributed by atoms with E-state index < -0.39 is 23.8 Å². The predicted octanol–water partition coefficient (Wildman–Crippen LogP) is 5.64. The van der Waals surface area contributed by atoms with Crippen LogP contribution in [0.1, 0.15) is 30.9 Å².